The molecular weight excluding hydrogens is 222 g/mol. The van der Waals surface area contributed by atoms with E-state index in [1.807, 2.05) is 0 Å². The molecule has 1 aromatic heterocycles. The van der Waals surface area contributed by atoms with E-state index in [1.165, 1.54) is 11.1 Å². The van der Waals surface area contributed by atoms with E-state index in [2.05, 4.69) is 56.3 Å². The van der Waals surface area contributed by atoms with Crippen molar-refractivity contribution in [2.45, 2.75) is 47.6 Å². The molecule has 0 aliphatic heterocycles. The highest BCUT2D eigenvalue weighted by molar-refractivity contribution is 5.49. The average molecular weight is 249 g/mol. The minimum atomic E-state index is 0.629. The number of aromatic nitrogens is 1. The third-order valence-electron chi connectivity index (χ3n) is 2.88. The number of hydrogen-bond acceptors (Lipinski definition) is 3. The Morgan fingerprint density at radius 2 is 2.00 bits per heavy atom. The molecule has 0 spiro atoms. The van der Waals surface area contributed by atoms with Crippen LogP contribution in [0.15, 0.2) is 6.07 Å². The molecule has 0 atom stereocenters. The van der Waals surface area contributed by atoms with Crippen molar-refractivity contribution in [2.75, 3.05) is 18.4 Å². The summed E-state index contributed by atoms with van der Waals surface area (Å²) in [7, 11) is 0. The third-order valence-corrected chi connectivity index (χ3v) is 2.88. The van der Waals surface area contributed by atoms with Crippen molar-refractivity contribution < 1.29 is 0 Å². The fraction of sp³-hybridized carbons (Fsp3) is 0.667. The zero-order valence-electron chi connectivity index (χ0n) is 12.4. The number of nitrogens with one attached hydrogen (secondary N) is 2. The zero-order chi connectivity index (χ0) is 13.5. The van der Waals surface area contributed by atoms with Crippen LogP contribution in [-0.2, 0) is 6.54 Å². The van der Waals surface area contributed by atoms with Gasteiger partial charge in [0.05, 0.1) is 0 Å². The molecule has 0 saturated heterocycles. The van der Waals surface area contributed by atoms with Gasteiger partial charge in [0.2, 0.25) is 0 Å². The maximum Gasteiger partial charge on any atom is 0.131 e. The Balaban J connectivity index is 2.83. The van der Waals surface area contributed by atoms with Gasteiger partial charge < -0.3 is 10.6 Å². The van der Waals surface area contributed by atoms with Gasteiger partial charge in [0.25, 0.3) is 0 Å². The average Bonchev–Trinajstić information content (AvgIpc) is 2.29. The summed E-state index contributed by atoms with van der Waals surface area (Å²) in [6.45, 7) is 13.7. The van der Waals surface area contributed by atoms with Gasteiger partial charge in [-0.1, -0.05) is 20.8 Å². The van der Waals surface area contributed by atoms with Crippen molar-refractivity contribution >= 4 is 5.82 Å². The van der Waals surface area contributed by atoms with Crippen molar-refractivity contribution in [3.63, 3.8) is 0 Å². The quantitative estimate of drug-likeness (QED) is 0.728. The van der Waals surface area contributed by atoms with Gasteiger partial charge in [-0.2, -0.15) is 0 Å². The van der Waals surface area contributed by atoms with Gasteiger partial charge in [-0.15, -0.1) is 0 Å². The highest BCUT2D eigenvalue weighted by Gasteiger charge is 2.08. The standard InChI is InChI=1S/C15H27N3/c1-6-7-16-10-14-12(4)8-13(5)18-15(14)17-9-11(2)3/h8,11,16H,6-7,9-10H2,1-5H3,(H,17,18). The summed E-state index contributed by atoms with van der Waals surface area (Å²) in [5.74, 6) is 1.67. The third kappa shape index (κ3) is 4.65. The van der Waals surface area contributed by atoms with E-state index in [0.29, 0.717) is 5.92 Å². The molecule has 0 saturated carbocycles. The van der Waals surface area contributed by atoms with E-state index in [-0.39, 0.29) is 0 Å². The molecule has 0 bridgehead atoms. The first kappa shape index (κ1) is 15.0. The second-order valence-electron chi connectivity index (χ2n) is 5.36. The molecule has 0 amide bonds. The molecule has 0 fully saturated rings. The highest BCUT2D eigenvalue weighted by Crippen LogP contribution is 2.19. The van der Waals surface area contributed by atoms with Gasteiger partial charge in [-0.3, -0.25) is 0 Å². The SMILES string of the molecule is CCCNCc1c(C)cc(C)nc1NCC(C)C. The smallest absolute Gasteiger partial charge is 0.131 e. The maximum absolute atomic E-state index is 4.63. The van der Waals surface area contributed by atoms with Gasteiger partial charge in [0.15, 0.2) is 0 Å². The lowest BCUT2D eigenvalue weighted by Gasteiger charge is -2.16. The van der Waals surface area contributed by atoms with Crippen molar-refractivity contribution in [1.82, 2.24) is 10.3 Å². The minimum absolute atomic E-state index is 0.629. The number of hydrogen-bond donors (Lipinski definition) is 2. The van der Waals surface area contributed by atoms with Crippen LogP contribution in [0.3, 0.4) is 0 Å². The number of aryl methyl sites for hydroxylation is 2. The van der Waals surface area contributed by atoms with Gasteiger partial charge in [-0.05, 0) is 44.4 Å². The lowest BCUT2D eigenvalue weighted by molar-refractivity contribution is 0.665. The normalized spacial score (nSPS) is 11.0. The molecule has 1 aromatic rings. The fourth-order valence-electron chi connectivity index (χ4n) is 1.92. The summed E-state index contributed by atoms with van der Waals surface area (Å²) in [6, 6.07) is 2.16. The zero-order valence-corrected chi connectivity index (χ0v) is 12.4. The first-order chi connectivity index (χ1) is 8.54. The van der Waals surface area contributed by atoms with Gasteiger partial charge in [0.1, 0.15) is 5.82 Å². The molecule has 0 aliphatic rings. The molecule has 0 radical (unpaired) electrons. The topological polar surface area (TPSA) is 37.0 Å². The Labute approximate surface area is 111 Å². The Bertz CT molecular complexity index is 372. The Morgan fingerprint density at radius 3 is 2.61 bits per heavy atom. The van der Waals surface area contributed by atoms with Crippen LogP contribution in [0.5, 0.6) is 0 Å². The predicted octanol–water partition coefficient (Wildman–Crippen LogP) is 3.27. The van der Waals surface area contributed by atoms with E-state index < -0.39 is 0 Å². The molecule has 0 aromatic carbocycles. The van der Waals surface area contributed by atoms with Gasteiger partial charge >= 0.3 is 0 Å². The van der Waals surface area contributed by atoms with E-state index in [1.54, 1.807) is 0 Å². The van der Waals surface area contributed by atoms with Crippen LogP contribution in [0.25, 0.3) is 0 Å². The largest absolute Gasteiger partial charge is 0.370 e. The molecule has 18 heavy (non-hydrogen) atoms. The van der Waals surface area contributed by atoms with Crippen molar-refractivity contribution in [3.05, 3.63) is 22.9 Å². The lowest BCUT2D eigenvalue weighted by Crippen LogP contribution is -2.18. The van der Waals surface area contributed by atoms with E-state index in [9.17, 15) is 0 Å². The summed E-state index contributed by atoms with van der Waals surface area (Å²) >= 11 is 0. The van der Waals surface area contributed by atoms with Crippen LogP contribution in [0.1, 0.15) is 44.0 Å². The second kappa shape index (κ2) is 7.37. The van der Waals surface area contributed by atoms with Gasteiger partial charge in [0, 0.05) is 24.3 Å². The number of rotatable bonds is 7. The molecule has 0 aliphatic carbocycles. The van der Waals surface area contributed by atoms with Crippen LogP contribution in [0.2, 0.25) is 0 Å². The highest BCUT2D eigenvalue weighted by atomic mass is 15.0. The Morgan fingerprint density at radius 1 is 1.28 bits per heavy atom. The summed E-state index contributed by atoms with van der Waals surface area (Å²) in [4.78, 5) is 4.63. The Kier molecular flexibility index (Phi) is 6.13. The van der Waals surface area contributed by atoms with Crippen molar-refractivity contribution in [1.29, 1.82) is 0 Å². The molecule has 3 nitrogen and oxygen atoms in total. The molecular formula is C15H27N3. The van der Waals surface area contributed by atoms with Gasteiger partial charge in [-0.25, -0.2) is 4.98 Å². The molecule has 1 heterocycles. The lowest BCUT2D eigenvalue weighted by atomic mass is 10.1. The summed E-state index contributed by atoms with van der Waals surface area (Å²) < 4.78 is 0. The second-order valence-corrected chi connectivity index (χ2v) is 5.36. The van der Waals surface area contributed by atoms with Crippen LogP contribution in [0.4, 0.5) is 5.82 Å². The Hall–Kier alpha value is -1.09. The monoisotopic (exact) mass is 249 g/mol. The summed E-state index contributed by atoms with van der Waals surface area (Å²) in [5, 5.41) is 6.93. The first-order valence-electron chi connectivity index (χ1n) is 6.96. The number of nitrogens with zero attached hydrogens (tertiary/aromatic N) is 1. The first-order valence-corrected chi connectivity index (χ1v) is 6.96. The number of pyridine rings is 1. The van der Waals surface area contributed by atoms with Crippen LogP contribution in [-0.4, -0.2) is 18.1 Å². The molecule has 0 unspecified atom stereocenters. The number of anilines is 1. The molecule has 2 N–H and O–H groups in total. The van der Waals surface area contributed by atoms with E-state index >= 15 is 0 Å². The van der Waals surface area contributed by atoms with Crippen LogP contribution < -0.4 is 10.6 Å². The molecule has 1 rings (SSSR count). The van der Waals surface area contributed by atoms with Crippen molar-refractivity contribution in [3.8, 4) is 0 Å². The predicted molar refractivity (Wildman–Crippen MR) is 79.0 cm³/mol. The van der Waals surface area contributed by atoms with E-state index in [4.69, 9.17) is 0 Å². The summed E-state index contributed by atoms with van der Waals surface area (Å²) in [5.41, 5.74) is 3.70. The minimum Gasteiger partial charge on any atom is -0.370 e. The summed E-state index contributed by atoms with van der Waals surface area (Å²) in [6.07, 6.45) is 1.16. The van der Waals surface area contributed by atoms with E-state index in [0.717, 1.165) is 37.6 Å². The molecule has 3 heteroatoms. The van der Waals surface area contributed by atoms with Crippen molar-refractivity contribution in [2.24, 2.45) is 5.92 Å². The maximum atomic E-state index is 4.63. The fourth-order valence-corrected chi connectivity index (χ4v) is 1.92. The molecule has 102 valence electrons. The van der Waals surface area contributed by atoms with Crippen LogP contribution >= 0.6 is 0 Å². The van der Waals surface area contributed by atoms with Crippen LogP contribution in [0, 0.1) is 19.8 Å².